The number of aliphatic hydroxyl groups is 2. The minimum atomic E-state index is -4.26. The summed E-state index contributed by atoms with van der Waals surface area (Å²) in [5.74, 6) is -1.16. The summed E-state index contributed by atoms with van der Waals surface area (Å²) in [4.78, 5) is 12.2. The van der Waals surface area contributed by atoms with E-state index >= 15 is 0 Å². The molecule has 8 heteroatoms. The highest BCUT2D eigenvalue weighted by Crippen LogP contribution is 2.69. The molecule has 3 fully saturated rings. The van der Waals surface area contributed by atoms with Crippen LogP contribution in [0.1, 0.15) is 46.0 Å². The van der Waals surface area contributed by atoms with Crippen LogP contribution in [0.5, 0.6) is 0 Å². The van der Waals surface area contributed by atoms with E-state index in [0.29, 0.717) is 31.3 Å². The van der Waals surface area contributed by atoms with Gasteiger partial charge in [-0.2, -0.15) is 8.42 Å². The summed E-state index contributed by atoms with van der Waals surface area (Å²) in [5, 5.41) is 20.8. The van der Waals surface area contributed by atoms with Gasteiger partial charge in [0.2, 0.25) is 0 Å². The van der Waals surface area contributed by atoms with Gasteiger partial charge in [-0.25, -0.2) is 4.79 Å². The van der Waals surface area contributed by atoms with Crippen LogP contribution in [0.2, 0.25) is 0 Å². The average molecular weight is 415 g/mol. The lowest BCUT2D eigenvalue weighted by Crippen LogP contribution is -2.64. The lowest BCUT2D eigenvalue weighted by Gasteiger charge is -2.66. The maximum Gasteiger partial charge on any atom is 0.334 e. The number of allylic oxidation sites excluding steroid dienone is 1. The minimum Gasteiger partial charge on any atom is -0.462 e. The van der Waals surface area contributed by atoms with Crippen LogP contribution < -0.4 is 0 Å². The molecule has 1 saturated heterocycles. The topological polar surface area (TPSA) is 121 Å². The van der Waals surface area contributed by atoms with E-state index in [0.717, 1.165) is 6.42 Å². The van der Waals surface area contributed by atoms with Crippen molar-refractivity contribution in [3.8, 4) is 0 Å². The first-order valence-electron chi connectivity index (χ1n) is 10.1. The summed E-state index contributed by atoms with van der Waals surface area (Å²) in [5.41, 5.74) is -1.19. The summed E-state index contributed by atoms with van der Waals surface area (Å²) in [6.07, 6.45) is 4.24. The lowest BCUT2D eigenvalue weighted by molar-refractivity contribution is -0.196. The molecule has 2 saturated carbocycles. The van der Waals surface area contributed by atoms with E-state index in [1.165, 1.54) is 0 Å². The Morgan fingerprint density at radius 1 is 1.21 bits per heavy atom. The van der Waals surface area contributed by atoms with E-state index in [4.69, 9.17) is 4.74 Å². The van der Waals surface area contributed by atoms with E-state index in [1.54, 1.807) is 0 Å². The Hall–Kier alpha value is -0.960. The second-order valence-corrected chi connectivity index (χ2v) is 11.3. The maximum absolute atomic E-state index is 12.2. The average Bonchev–Trinajstić information content (AvgIpc) is 2.99. The number of aliphatic hydroxyl groups excluding tert-OH is 2. The number of hydrogen-bond donors (Lipinski definition) is 3. The van der Waals surface area contributed by atoms with Crippen molar-refractivity contribution in [2.75, 3.05) is 19.0 Å². The molecule has 158 valence electrons. The molecular formula is C20H30O7S. The highest BCUT2D eigenvalue weighted by atomic mass is 32.2. The van der Waals surface area contributed by atoms with Gasteiger partial charge in [-0.1, -0.05) is 19.9 Å². The molecule has 0 spiro atoms. The molecule has 3 aliphatic carbocycles. The van der Waals surface area contributed by atoms with Crippen molar-refractivity contribution in [3.63, 3.8) is 0 Å². The molecule has 3 N–H and O–H groups in total. The number of cyclic esters (lactones) is 1. The molecule has 0 bridgehead atoms. The molecule has 1 aliphatic heterocycles. The summed E-state index contributed by atoms with van der Waals surface area (Å²) in [7, 11) is -4.26. The van der Waals surface area contributed by atoms with Gasteiger partial charge in [-0.3, -0.25) is 4.55 Å². The zero-order valence-corrected chi connectivity index (χ0v) is 17.2. The van der Waals surface area contributed by atoms with Crippen molar-refractivity contribution in [2.45, 2.75) is 52.1 Å². The van der Waals surface area contributed by atoms with Crippen LogP contribution in [0.25, 0.3) is 0 Å². The van der Waals surface area contributed by atoms with Crippen molar-refractivity contribution >= 4 is 16.1 Å². The first kappa shape index (κ1) is 20.3. The van der Waals surface area contributed by atoms with Gasteiger partial charge in [0.05, 0.1) is 25.1 Å². The number of carbonyl (C=O) groups is 1. The summed E-state index contributed by atoms with van der Waals surface area (Å²) >= 11 is 0. The molecule has 0 aromatic heterocycles. The van der Waals surface area contributed by atoms with Crippen molar-refractivity contribution in [3.05, 3.63) is 11.6 Å². The Labute approximate surface area is 165 Å². The predicted molar refractivity (Wildman–Crippen MR) is 101 cm³/mol. The highest BCUT2D eigenvalue weighted by Gasteiger charge is 2.67. The Kier molecular flexibility index (Phi) is 4.55. The Morgan fingerprint density at radius 2 is 1.93 bits per heavy atom. The normalized spacial score (nSPS) is 48.2. The van der Waals surface area contributed by atoms with Gasteiger partial charge in [-0.15, -0.1) is 0 Å². The first-order valence-corrected chi connectivity index (χ1v) is 11.7. The van der Waals surface area contributed by atoms with Crippen LogP contribution in [-0.4, -0.2) is 54.2 Å². The molecule has 0 radical (unpaired) electrons. The smallest absolute Gasteiger partial charge is 0.334 e. The number of carbonyl (C=O) groups excluding carboxylic acids is 1. The van der Waals surface area contributed by atoms with Crippen LogP contribution in [-0.2, 0) is 19.6 Å². The van der Waals surface area contributed by atoms with Crippen LogP contribution in [0.15, 0.2) is 11.6 Å². The van der Waals surface area contributed by atoms with Gasteiger partial charge < -0.3 is 14.9 Å². The molecule has 0 amide bonds. The van der Waals surface area contributed by atoms with E-state index in [-0.39, 0.29) is 48.1 Å². The molecule has 28 heavy (non-hydrogen) atoms. The largest absolute Gasteiger partial charge is 0.462 e. The molecule has 1 heterocycles. The van der Waals surface area contributed by atoms with Gasteiger partial charge in [-0.05, 0) is 49.4 Å². The number of ether oxygens (including phenoxy) is 1. The van der Waals surface area contributed by atoms with E-state index in [9.17, 15) is 28.0 Å². The van der Waals surface area contributed by atoms with Gasteiger partial charge in [0.1, 0.15) is 0 Å². The number of rotatable bonds is 3. The Morgan fingerprint density at radius 3 is 2.57 bits per heavy atom. The van der Waals surface area contributed by atoms with E-state index in [2.05, 4.69) is 6.92 Å². The third kappa shape index (κ3) is 2.64. The third-order valence-corrected chi connectivity index (χ3v) is 9.65. The molecule has 0 aromatic carbocycles. The Balaban J connectivity index is 1.84. The molecule has 7 atom stereocenters. The fourth-order valence-electron chi connectivity index (χ4n) is 7.43. The summed E-state index contributed by atoms with van der Waals surface area (Å²) in [6, 6.07) is 0. The van der Waals surface area contributed by atoms with Crippen LogP contribution >= 0.6 is 0 Å². The quantitative estimate of drug-likeness (QED) is 0.473. The zero-order valence-electron chi connectivity index (χ0n) is 16.4. The summed E-state index contributed by atoms with van der Waals surface area (Å²) in [6.45, 7) is 4.08. The summed E-state index contributed by atoms with van der Waals surface area (Å²) < 4.78 is 39.2. The van der Waals surface area contributed by atoms with Crippen molar-refractivity contribution in [1.29, 1.82) is 0 Å². The number of esters is 1. The number of hydrogen-bond acceptors (Lipinski definition) is 6. The molecule has 7 nitrogen and oxygen atoms in total. The second-order valence-electron chi connectivity index (χ2n) is 9.87. The first-order chi connectivity index (χ1) is 13.0. The highest BCUT2D eigenvalue weighted by molar-refractivity contribution is 7.85. The van der Waals surface area contributed by atoms with Gasteiger partial charge >= 0.3 is 5.97 Å². The van der Waals surface area contributed by atoms with Crippen molar-refractivity contribution in [1.82, 2.24) is 0 Å². The monoisotopic (exact) mass is 414 g/mol. The minimum absolute atomic E-state index is 0.0289. The molecular weight excluding hydrogens is 384 g/mol. The SMILES string of the molecule is C[C@@]12CC[C@@H](O)[C@@](C)(CO)C1CC[C@]1(CS(=O)(=O)O)C3COC(=O)C3=CCC21. The molecule has 0 aromatic rings. The standard InChI is InChI=1S/C20H30O7S/c1-18-7-6-16(22)19(2,10-21)14(18)5-8-20(11-28(24,25)26)13-9-27-17(23)12(13)3-4-15(18)20/h3,13-16,21-22H,4-11H2,1-2H3,(H,24,25,26)/t13?,14?,15?,16-,18-,19+,20+/m1/s1. The second kappa shape index (κ2) is 6.27. The third-order valence-electron chi connectivity index (χ3n) is 8.75. The van der Waals surface area contributed by atoms with Crippen LogP contribution in [0.3, 0.4) is 0 Å². The number of fused-ring (bicyclic) bond motifs is 5. The van der Waals surface area contributed by atoms with E-state index in [1.807, 2.05) is 13.0 Å². The fraction of sp³-hybridized carbons (Fsp3) is 0.850. The van der Waals surface area contributed by atoms with Gasteiger partial charge in [0.25, 0.3) is 10.1 Å². The zero-order chi connectivity index (χ0) is 20.5. The van der Waals surface area contributed by atoms with Gasteiger partial charge in [0.15, 0.2) is 0 Å². The molecule has 4 rings (SSSR count). The lowest BCUT2D eigenvalue weighted by atomic mass is 9.39. The Bertz CT molecular complexity index is 820. The van der Waals surface area contributed by atoms with Gasteiger partial charge in [0, 0.05) is 22.3 Å². The fourth-order valence-corrected chi connectivity index (χ4v) is 8.65. The molecule has 4 aliphatic rings. The molecule has 3 unspecified atom stereocenters. The predicted octanol–water partition coefficient (Wildman–Crippen LogP) is 1.55. The van der Waals surface area contributed by atoms with Crippen LogP contribution in [0, 0.1) is 34.0 Å². The van der Waals surface area contributed by atoms with Crippen molar-refractivity contribution in [2.24, 2.45) is 34.0 Å². The maximum atomic E-state index is 12.2. The van der Waals surface area contributed by atoms with Crippen LogP contribution in [0.4, 0.5) is 0 Å². The van der Waals surface area contributed by atoms with Crippen molar-refractivity contribution < 1.29 is 32.7 Å². The van der Waals surface area contributed by atoms with E-state index < -0.39 is 27.1 Å².